The molecule has 0 saturated heterocycles. The fourth-order valence-electron chi connectivity index (χ4n) is 4.78. The first-order valence-corrected chi connectivity index (χ1v) is 12.8. The molecule has 2 aromatic heterocycles. The van der Waals surface area contributed by atoms with Crippen LogP contribution in [0.25, 0.3) is 17.5 Å². The van der Waals surface area contributed by atoms with Gasteiger partial charge in [-0.25, -0.2) is 4.79 Å². The van der Waals surface area contributed by atoms with Crippen LogP contribution in [-0.4, -0.2) is 34.9 Å². The van der Waals surface area contributed by atoms with Crippen molar-refractivity contribution in [1.29, 1.82) is 0 Å². The predicted molar refractivity (Wildman–Crippen MR) is 137 cm³/mol. The van der Waals surface area contributed by atoms with Gasteiger partial charge in [0, 0.05) is 11.4 Å². The number of H-pyrrole nitrogens is 2. The van der Waals surface area contributed by atoms with Crippen molar-refractivity contribution in [2.75, 3.05) is 13.2 Å². The van der Waals surface area contributed by atoms with Crippen LogP contribution in [0.15, 0.2) is 34.5 Å². The van der Waals surface area contributed by atoms with Crippen LogP contribution >= 0.6 is 0 Å². The maximum atomic E-state index is 13.0. The number of nitrogens with one attached hydrogen (secondary N) is 2. The van der Waals surface area contributed by atoms with Crippen molar-refractivity contribution in [2.24, 2.45) is 4.99 Å². The Hall–Kier alpha value is -3.02. The summed E-state index contributed by atoms with van der Waals surface area (Å²) in [5.41, 5.74) is 7.13. The van der Waals surface area contributed by atoms with E-state index in [0.29, 0.717) is 30.2 Å². The second-order valence-electron chi connectivity index (χ2n) is 9.10. The van der Waals surface area contributed by atoms with Gasteiger partial charge in [-0.05, 0) is 76.3 Å². The van der Waals surface area contributed by atoms with Crippen molar-refractivity contribution in [3.05, 3.63) is 46.4 Å². The molecule has 0 spiro atoms. The molecule has 2 aromatic rings. The van der Waals surface area contributed by atoms with Crippen LogP contribution in [0.5, 0.6) is 5.75 Å². The van der Waals surface area contributed by atoms with E-state index >= 15 is 0 Å². The fraction of sp³-hybridized carbons (Fsp3) is 0.500. The van der Waals surface area contributed by atoms with Crippen molar-refractivity contribution in [1.82, 2.24) is 9.97 Å². The first kappa shape index (κ1) is 24.1. The molecule has 4 rings (SSSR count). The summed E-state index contributed by atoms with van der Waals surface area (Å²) in [5, 5.41) is 0. The molecule has 34 heavy (non-hydrogen) atoms. The van der Waals surface area contributed by atoms with Crippen molar-refractivity contribution in [3.8, 4) is 17.1 Å². The molecule has 0 radical (unpaired) electrons. The Balaban J connectivity index is 1.77. The van der Waals surface area contributed by atoms with E-state index in [1.165, 1.54) is 50.5 Å². The van der Waals surface area contributed by atoms with Crippen molar-refractivity contribution >= 4 is 17.8 Å². The molecule has 1 aliphatic carbocycles. The van der Waals surface area contributed by atoms with Gasteiger partial charge in [-0.15, -0.1) is 0 Å². The number of aliphatic imine (C=N–C) groups is 1. The summed E-state index contributed by atoms with van der Waals surface area (Å²) in [5.74, 6) is 0.135. The molecule has 6 heteroatoms. The van der Waals surface area contributed by atoms with E-state index < -0.39 is 0 Å². The van der Waals surface area contributed by atoms with Gasteiger partial charge in [0.15, 0.2) is 5.75 Å². The Bertz CT molecular complexity index is 1100. The molecule has 0 aromatic carbocycles. The summed E-state index contributed by atoms with van der Waals surface area (Å²) in [6, 6.07) is 3.96. The fourth-order valence-corrected chi connectivity index (χ4v) is 4.78. The third kappa shape index (κ3) is 5.54. The number of aromatic amines is 2. The molecule has 6 nitrogen and oxygen atoms in total. The summed E-state index contributed by atoms with van der Waals surface area (Å²) in [7, 11) is 0. The van der Waals surface area contributed by atoms with E-state index in [1.54, 1.807) is 0 Å². The van der Waals surface area contributed by atoms with Gasteiger partial charge in [0.2, 0.25) is 0 Å². The number of nitrogens with zero attached hydrogens (tertiary/aromatic N) is 1. The lowest BCUT2D eigenvalue weighted by atomic mass is 10.00. The van der Waals surface area contributed by atoms with Crippen LogP contribution in [0, 0.1) is 6.92 Å². The third-order valence-corrected chi connectivity index (χ3v) is 6.44. The lowest BCUT2D eigenvalue weighted by Gasteiger charge is -2.08. The van der Waals surface area contributed by atoms with Crippen LogP contribution in [0.4, 0.5) is 0 Å². The number of allylic oxidation sites excluding steroid dienone is 2. The molecule has 1 aliphatic heterocycles. The van der Waals surface area contributed by atoms with Gasteiger partial charge < -0.3 is 19.4 Å². The van der Waals surface area contributed by atoms with E-state index in [1.807, 2.05) is 39.0 Å². The largest absolute Gasteiger partial charge is 0.491 e. The highest BCUT2D eigenvalue weighted by atomic mass is 16.5. The Kier molecular flexibility index (Phi) is 8.09. The molecule has 0 amide bonds. The normalized spacial score (nSPS) is 18.1. The van der Waals surface area contributed by atoms with Gasteiger partial charge in [-0.2, -0.15) is 0 Å². The van der Waals surface area contributed by atoms with Crippen LogP contribution < -0.4 is 4.74 Å². The molecule has 0 fully saturated rings. The number of aromatic nitrogens is 2. The summed E-state index contributed by atoms with van der Waals surface area (Å²) in [4.78, 5) is 24.8. The van der Waals surface area contributed by atoms with Crippen molar-refractivity contribution in [2.45, 2.75) is 78.6 Å². The highest BCUT2D eigenvalue weighted by Crippen LogP contribution is 2.38. The summed E-state index contributed by atoms with van der Waals surface area (Å²) in [6.45, 7) is 6.48. The molecular weight excluding hydrogens is 426 g/mol. The summed E-state index contributed by atoms with van der Waals surface area (Å²) >= 11 is 0. The predicted octanol–water partition coefficient (Wildman–Crippen LogP) is 7.14. The van der Waals surface area contributed by atoms with Gasteiger partial charge in [-0.3, -0.25) is 4.99 Å². The second kappa shape index (κ2) is 11.4. The molecule has 0 saturated carbocycles. The molecule has 2 bridgehead atoms. The van der Waals surface area contributed by atoms with Crippen LogP contribution in [0.3, 0.4) is 0 Å². The maximum Gasteiger partial charge on any atom is 0.344 e. The molecule has 0 unspecified atom stereocenters. The number of carbonyl (C=O) groups is 1. The smallest absolute Gasteiger partial charge is 0.344 e. The summed E-state index contributed by atoms with van der Waals surface area (Å²) < 4.78 is 11.4. The minimum absolute atomic E-state index is 0.301. The molecular formula is C28H37N3O3. The van der Waals surface area contributed by atoms with Gasteiger partial charge in [-0.1, -0.05) is 32.1 Å². The number of carbonyl (C=O) groups excluding carboxylic acids is 1. The average molecular weight is 464 g/mol. The molecule has 3 heterocycles. The molecule has 2 aliphatic rings. The lowest BCUT2D eigenvalue weighted by molar-refractivity contribution is 0.0523. The molecule has 182 valence electrons. The first-order chi connectivity index (χ1) is 16.6. The number of rotatable bonds is 6. The van der Waals surface area contributed by atoms with Gasteiger partial charge in [0.05, 0.1) is 36.0 Å². The Morgan fingerprint density at radius 2 is 1.74 bits per heavy atom. The van der Waals surface area contributed by atoms with E-state index in [2.05, 4.69) is 16.0 Å². The quantitative estimate of drug-likeness (QED) is 0.447. The zero-order chi connectivity index (χ0) is 23.9. The zero-order valence-corrected chi connectivity index (χ0v) is 20.8. The van der Waals surface area contributed by atoms with Gasteiger partial charge >= 0.3 is 5.97 Å². The Labute approximate surface area is 202 Å². The third-order valence-electron chi connectivity index (χ3n) is 6.44. The summed E-state index contributed by atoms with van der Waals surface area (Å²) in [6.07, 6.45) is 15.2. The first-order valence-electron chi connectivity index (χ1n) is 12.8. The van der Waals surface area contributed by atoms with E-state index in [4.69, 9.17) is 14.5 Å². The van der Waals surface area contributed by atoms with E-state index in [0.717, 1.165) is 41.3 Å². The van der Waals surface area contributed by atoms with E-state index in [-0.39, 0.29) is 5.97 Å². The van der Waals surface area contributed by atoms with Crippen LogP contribution in [0.2, 0.25) is 0 Å². The Morgan fingerprint density at radius 1 is 1.00 bits per heavy atom. The molecule has 0 atom stereocenters. The zero-order valence-electron chi connectivity index (χ0n) is 20.8. The topological polar surface area (TPSA) is 79.5 Å². The number of aryl methyl sites for hydroxylation is 1. The standard InChI is InChI=1S/C28H37N3O3/c1-4-33-27-24(31-26(22-16-15-19(3)29-22)25(27)28(32)34-5-2)18-23-20-13-11-9-7-6-8-10-12-14-21(17-20)30-23/h15-18,29,31H,4-14H2,1-3H3. The van der Waals surface area contributed by atoms with Crippen molar-refractivity contribution in [3.63, 3.8) is 0 Å². The van der Waals surface area contributed by atoms with E-state index in [9.17, 15) is 4.79 Å². The Morgan fingerprint density at radius 3 is 2.41 bits per heavy atom. The average Bonchev–Trinajstić information content (AvgIpc) is 3.50. The number of hydrogen-bond donors (Lipinski definition) is 2. The van der Waals surface area contributed by atoms with Crippen LogP contribution in [0.1, 0.15) is 93.4 Å². The second-order valence-corrected chi connectivity index (χ2v) is 9.10. The van der Waals surface area contributed by atoms with Crippen molar-refractivity contribution < 1.29 is 14.3 Å². The minimum atomic E-state index is -0.390. The van der Waals surface area contributed by atoms with Gasteiger partial charge in [0.25, 0.3) is 0 Å². The highest BCUT2D eigenvalue weighted by Gasteiger charge is 2.27. The lowest BCUT2D eigenvalue weighted by Crippen LogP contribution is -2.08. The number of fused-ring (bicyclic) bond motifs is 1. The molecule has 2 N–H and O–H groups in total. The highest BCUT2D eigenvalue weighted by molar-refractivity contribution is 6.02. The SMILES string of the molecule is CCOC(=O)c1c(-c2ccc(C)[nH]2)[nH]c(C=C2N=C3C=C2CCCCCCCCC3)c1OCC. The van der Waals surface area contributed by atoms with Gasteiger partial charge in [0.1, 0.15) is 5.56 Å². The number of esters is 1. The maximum absolute atomic E-state index is 13.0. The van der Waals surface area contributed by atoms with Crippen LogP contribution in [-0.2, 0) is 4.74 Å². The number of ether oxygens (including phenoxy) is 2. The monoisotopic (exact) mass is 463 g/mol. The minimum Gasteiger partial charge on any atom is -0.491 e. The number of hydrogen-bond acceptors (Lipinski definition) is 4.